The molecule has 0 saturated carbocycles. The van der Waals surface area contributed by atoms with E-state index < -0.39 is 0 Å². The molecule has 25 heavy (non-hydrogen) atoms. The van der Waals surface area contributed by atoms with Crippen LogP contribution in [0.3, 0.4) is 0 Å². The third-order valence-corrected chi connectivity index (χ3v) is 6.22. The number of rotatable bonds is 7. The highest BCUT2D eigenvalue weighted by Gasteiger charge is 2.22. The Bertz CT molecular complexity index is 633. The van der Waals surface area contributed by atoms with Gasteiger partial charge in [0.1, 0.15) is 0 Å². The average Bonchev–Trinajstić information content (AvgIpc) is 3.18. The number of carbonyl (C=O) groups is 1. The first-order valence-corrected chi connectivity index (χ1v) is 10.2. The molecule has 1 N–H and O–H groups in total. The van der Waals surface area contributed by atoms with Crippen LogP contribution in [0.25, 0.3) is 0 Å². The molecule has 1 aliphatic rings. The highest BCUT2D eigenvalue weighted by Crippen LogP contribution is 2.30. The SMILES string of the molecule is CC[C@@H](C(=O)NCCN1CCC(c2cccs2)CC1)c1ccccc1. The summed E-state index contributed by atoms with van der Waals surface area (Å²) >= 11 is 1.88. The fourth-order valence-corrected chi connectivity index (χ4v) is 4.58. The van der Waals surface area contributed by atoms with E-state index in [9.17, 15) is 4.79 Å². The van der Waals surface area contributed by atoms with Crippen molar-refractivity contribution in [2.24, 2.45) is 0 Å². The van der Waals surface area contributed by atoms with Crippen LogP contribution in [0.1, 0.15) is 48.5 Å². The van der Waals surface area contributed by atoms with Crippen LogP contribution in [0, 0.1) is 0 Å². The fourth-order valence-electron chi connectivity index (χ4n) is 3.68. The van der Waals surface area contributed by atoms with Crippen molar-refractivity contribution in [3.63, 3.8) is 0 Å². The van der Waals surface area contributed by atoms with Gasteiger partial charge in [0.25, 0.3) is 0 Å². The Balaban J connectivity index is 1.40. The average molecular weight is 357 g/mol. The minimum atomic E-state index is -0.0363. The lowest BCUT2D eigenvalue weighted by Crippen LogP contribution is -2.40. The van der Waals surface area contributed by atoms with Gasteiger partial charge in [-0.1, -0.05) is 43.3 Å². The van der Waals surface area contributed by atoms with E-state index in [1.807, 2.05) is 41.7 Å². The van der Waals surface area contributed by atoms with Gasteiger partial charge >= 0.3 is 0 Å². The molecule has 2 aromatic rings. The van der Waals surface area contributed by atoms with Crippen molar-refractivity contribution in [1.29, 1.82) is 0 Å². The van der Waals surface area contributed by atoms with Gasteiger partial charge in [0.05, 0.1) is 5.92 Å². The van der Waals surface area contributed by atoms with Crippen molar-refractivity contribution >= 4 is 17.2 Å². The molecule has 0 bridgehead atoms. The van der Waals surface area contributed by atoms with Gasteiger partial charge in [-0.25, -0.2) is 0 Å². The summed E-state index contributed by atoms with van der Waals surface area (Å²) in [6.07, 6.45) is 3.30. The lowest BCUT2D eigenvalue weighted by molar-refractivity contribution is -0.122. The molecule has 134 valence electrons. The minimum absolute atomic E-state index is 0.0363. The molecule has 0 aliphatic carbocycles. The predicted octanol–water partition coefficient (Wildman–Crippen LogP) is 4.24. The zero-order valence-electron chi connectivity index (χ0n) is 15.0. The van der Waals surface area contributed by atoms with Gasteiger partial charge in [0.15, 0.2) is 0 Å². The van der Waals surface area contributed by atoms with E-state index in [0.717, 1.165) is 44.1 Å². The minimum Gasteiger partial charge on any atom is -0.354 e. The summed E-state index contributed by atoms with van der Waals surface area (Å²) in [6.45, 7) is 6.04. The standard InChI is InChI=1S/C21H28N2OS/c1-2-19(17-7-4-3-5-8-17)21(24)22-12-15-23-13-10-18(11-14-23)20-9-6-16-25-20/h3-9,16,18-19H,2,10-15H2,1H3,(H,22,24)/t19-/m1/s1. The Labute approximate surface area is 155 Å². The van der Waals surface area contributed by atoms with E-state index in [4.69, 9.17) is 0 Å². The molecule has 3 rings (SSSR count). The van der Waals surface area contributed by atoms with Gasteiger partial charge in [-0.2, -0.15) is 0 Å². The number of likely N-dealkylation sites (tertiary alicyclic amines) is 1. The molecule has 0 spiro atoms. The summed E-state index contributed by atoms with van der Waals surface area (Å²) in [6, 6.07) is 14.5. The molecule has 3 nitrogen and oxygen atoms in total. The van der Waals surface area contributed by atoms with Crippen molar-refractivity contribution in [1.82, 2.24) is 10.2 Å². The third kappa shape index (κ3) is 4.93. The van der Waals surface area contributed by atoms with E-state index >= 15 is 0 Å². The summed E-state index contributed by atoms with van der Waals surface area (Å²) in [7, 11) is 0. The highest BCUT2D eigenvalue weighted by atomic mass is 32.1. The molecule has 1 fully saturated rings. The number of nitrogens with one attached hydrogen (secondary N) is 1. The van der Waals surface area contributed by atoms with E-state index in [-0.39, 0.29) is 11.8 Å². The first kappa shape index (κ1) is 18.2. The Morgan fingerprint density at radius 1 is 1.20 bits per heavy atom. The van der Waals surface area contributed by atoms with Crippen LogP contribution in [0.4, 0.5) is 0 Å². The molecule has 1 aliphatic heterocycles. The number of hydrogen-bond acceptors (Lipinski definition) is 3. The van der Waals surface area contributed by atoms with Gasteiger partial charge in [0, 0.05) is 18.0 Å². The van der Waals surface area contributed by atoms with E-state index in [0.29, 0.717) is 0 Å². The monoisotopic (exact) mass is 356 g/mol. The van der Waals surface area contributed by atoms with Crippen LogP contribution in [-0.2, 0) is 4.79 Å². The highest BCUT2D eigenvalue weighted by molar-refractivity contribution is 7.10. The van der Waals surface area contributed by atoms with Crippen molar-refractivity contribution in [3.8, 4) is 0 Å². The second kappa shape index (κ2) is 9.16. The summed E-state index contributed by atoms with van der Waals surface area (Å²) in [4.78, 5) is 16.5. The summed E-state index contributed by atoms with van der Waals surface area (Å²) in [5, 5.41) is 5.31. The Morgan fingerprint density at radius 2 is 1.96 bits per heavy atom. The molecule has 2 heterocycles. The second-order valence-electron chi connectivity index (χ2n) is 6.79. The molecular weight excluding hydrogens is 328 g/mol. The maximum Gasteiger partial charge on any atom is 0.227 e. The van der Waals surface area contributed by atoms with Crippen LogP contribution in [0.5, 0.6) is 0 Å². The number of nitrogens with zero attached hydrogens (tertiary/aromatic N) is 1. The topological polar surface area (TPSA) is 32.3 Å². The Morgan fingerprint density at radius 3 is 2.60 bits per heavy atom. The number of thiophene rings is 1. The normalized spacial score (nSPS) is 17.3. The lowest BCUT2D eigenvalue weighted by atomic mass is 9.95. The van der Waals surface area contributed by atoms with Gasteiger partial charge in [-0.3, -0.25) is 4.79 Å². The number of benzene rings is 1. The van der Waals surface area contributed by atoms with E-state index in [1.54, 1.807) is 0 Å². The smallest absolute Gasteiger partial charge is 0.227 e. The molecule has 0 radical (unpaired) electrons. The zero-order valence-corrected chi connectivity index (χ0v) is 15.8. The number of carbonyl (C=O) groups excluding carboxylic acids is 1. The van der Waals surface area contributed by atoms with E-state index in [2.05, 4.69) is 34.7 Å². The Hall–Kier alpha value is -1.65. The quantitative estimate of drug-likeness (QED) is 0.805. The molecular formula is C21H28N2OS. The molecule has 1 atom stereocenters. The van der Waals surface area contributed by atoms with Crippen molar-refractivity contribution in [3.05, 3.63) is 58.3 Å². The third-order valence-electron chi connectivity index (χ3n) is 5.19. The predicted molar refractivity (Wildman–Crippen MR) is 105 cm³/mol. The van der Waals surface area contributed by atoms with E-state index in [1.165, 1.54) is 17.7 Å². The first-order valence-electron chi connectivity index (χ1n) is 9.36. The lowest BCUT2D eigenvalue weighted by Gasteiger charge is -2.31. The molecule has 1 aromatic carbocycles. The van der Waals surface area contributed by atoms with Crippen LogP contribution in [0.15, 0.2) is 47.8 Å². The van der Waals surface area contributed by atoms with Crippen molar-refractivity contribution in [2.45, 2.75) is 38.0 Å². The molecule has 1 aromatic heterocycles. The number of amides is 1. The summed E-state index contributed by atoms with van der Waals surface area (Å²) in [5.41, 5.74) is 1.11. The second-order valence-corrected chi connectivity index (χ2v) is 7.77. The number of hydrogen-bond donors (Lipinski definition) is 1. The first-order chi connectivity index (χ1) is 12.3. The zero-order chi connectivity index (χ0) is 17.5. The Kier molecular flexibility index (Phi) is 6.65. The van der Waals surface area contributed by atoms with Crippen molar-refractivity contribution in [2.75, 3.05) is 26.2 Å². The fraction of sp³-hybridized carbons (Fsp3) is 0.476. The summed E-state index contributed by atoms with van der Waals surface area (Å²) in [5.74, 6) is 0.848. The van der Waals surface area contributed by atoms with Crippen LogP contribution < -0.4 is 5.32 Å². The summed E-state index contributed by atoms with van der Waals surface area (Å²) < 4.78 is 0. The van der Waals surface area contributed by atoms with Crippen LogP contribution in [0.2, 0.25) is 0 Å². The van der Waals surface area contributed by atoms with Crippen LogP contribution in [-0.4, -0.2) is 37.0 Å². The molecule has 4 heteroatoms. The largest absolute Gasteiger partial charge is 0.354 e. The van der Waals surface area contributed by atoms with Gasteiger partial charge in [0.2, 0.25) is 5.91 Å². The molecule has 1 saturated heterocycles. The van der Waals surface area contributed by atoms with Gasteiger partial charge < -0.3 is 10.2 Å². The number of piperidine rings is 1. The van der Waals surface area contributed by atoms with Gasteiger partial charge in [-0.15, -0.1) is 11.3 Å². The maximum atomic E-state index is 12.5. The van der Waals surface area contributed by atoms with Crippen LogP contribution >= 0.6 is 11.3 Å². The maximum absolute atomic E-state index is 12.5. The molecule has 1 amide bonds. The van der Waals surface area contributed by atoms with Crippen molar-refractivity contribution < 1.29 is 4.79 Å². The van der Waals surface area contributed by atoms with Gasteiger partial charge in [-0.05, 0) is 55.3 Å². The molecule has 0 unspecified atom stereocenters.